The molecule has 0 aliphatic carbocycles. The summed E-state index contributed by atoms with van der Waals surface area (Å²) in [6.45, 7) is 1.75. The van der Waals surface area contributed by atoms with Gasteiger partial charge in [0.25, 0.3) is 0 Å². The summed E-state index contributed by atoms with van der Waals surface area (Å²) >= 11 is 0. The number of aliphatic hydroxyl groups is 2. The molecule has 3 nitrogen and oxygen atoms in total. The predicted molar refractivity (Wildman–Crippen MR) is 34.9 cm³/mol. The molecule has 4 unspecified atom stereocenters. The fourth-order valence-electron chi connectivity index (χ4n) is 1.05. The van der Waals surface area contributed by atoms with E-state index in [4.69, 9.17) is 14.9 Å². The zero-order chi connectivity index (χ0) is 7.02. The average Bonchev–Trinajstić information content (AvgIpc) is 1.98. The van der Waals surface area contributed by atoms with Gasteiger partial charge in [-0.15, -0.1) is 0 Å². The third-order valence-electron chi connectivity index (χ3n) is 1.74. The Balaban J connectivity index is 2.54. The molecule has 9 heavy (non-hydrogen) atoms. The Morgan fingerprint density at radius 2 is 1.89 bits per heavy atom. The maximum atomic E-state index is 9.06. The van der Waals surface area contributed by atoms with E-state index >= 15 is 0 Å². The van der Waals surface area contributed by atoms with E-state index < -0.39 is 12.2 Å². The summed E-state index contributed by atoms with van der Waals surface area (Å²) in [7, 11) is 1.75. The van der Waals surface area contributed by atoms with E-state index in [9.17, 15) is 0 Å². The van der Waals surface area contributed by atoms with Crippen LogP contribution in [0, 0.1) is 0 Å². The van der Waals surface area contributed by atoms with Crippen LogP contribution >= 0.6 is 0 Å². The van der Waals surface area contributed by atoms with Crippen molar-refractivity contribution in [3.8, 4) is 0 Å². The van der Waals surface area contributed by atoms with Crippen LogP contribution in [0.5, 0.6) is 0 Å². The zero-order valence-electron chi connectivity index (χ0n) is 5.61. The van der Waals surface area contributed by atoms with Crippen molar-refractivity contribution in [2.45, 2.75) is 31.2 Å². The lowest BCUT2D eigenvalue weighted by molar-refractivity contribution is 0.0318. The highest BCUT2D eigenvalue weighted by Gasteiger charge is 2.36. The third kappa shape index (κ3) is 1.10. The Bertz CT molecular complexity index is 96.4. The van der Waals surface area contributed by atoms with Crippen LogP contribution in [-0.4, -0.2) is 42.4 Å². The van der Waals surface area contributed by atoms with Crippen LogP contribution in [0.15, 0.2) is 0 Å². The van der Waals surface area contributed by atoms with Crippen LogP contribution in [-0.2, 0) is 4.74 Å². The van der Waals surface area contributed by atoms with Gasteiger partial charge < -0.3 is 14.9 Å². The predicted octanol–water partition coefficient (Wildman–Crippen LogP) is -1.91. The topological polar surface area (TPSA) is 49.7 Å². The van der Waals surface area contributed by atoms with Crippen molar-refractivity contribution in [1.82, 2.24) is 0 Å². The van der Waals surface area contributed by atoms with Gasteiger partial charge in [-0.1, -0.05) is 0 Å². The minimum absolute atomic E-state index is 0.227. The highest BCUT2D eigenvalue weighted by Crippen LogP contribution is 2.17. The van der Waals surface area contributed by atoms with Crippen LogP contribution in [0.4, 0.5) is 0 Å². The largest absolute Gasteiger partial charge is 0.388 e. The Morgan fingerprint density at radius 1 is 1.33 bits per heavy atom. The second-order valence-electron chi connectivity index (χ2n) is 2.53. The Kier molecular flexibility index (Phi) is 1.79. The number of hydrogen-bond donors (Lipinski definition) is 2. The Hall–Kier alpha value is -0.0551. The van der Waals surface area contributed by atoms with Gasteiger partial charge in [-0.05, 0) is 6.92 Å². The first-order chi connectivity index (χ1) is 4.13. The summed E-state index contributed by atoms with van der Waals surface area (Å²) in [5.41, 5.74) is 0. The van der Waals surface area contributed by atoms with Crippen LogP contribution in [0.2, 0.25) is 0 Å². The molecule has 1 rings (SSSR count). The molecule has 0 aromatic carbocycles. The Labute approximate surface area is 55.0 Å². The molecule has 0 spiro atoms. The van der Waals surface area contributed by atoms with Crippen molar-refractivity contribution >= 4 is 7.85 Å². The summed E-state index contributed by atoms with van der Waals surface area (Å²) in [6.07, 6.45) is -1.64. The minimum Gasteiger partial charge on any atom is -0.388 e. The van der Waals surface area contributed by atoms with Gasteiger partial charge in [0, 0.05) is 0 Å². The van der Waals surface area contributed by atoms with Crippen molar-refractivity contribution in [2.75, 3.05) is 0 Å². The molecule has 0 aromatic rings. The highest BCUT2D eigenvalue weighted by molar-refractivity contribution is 6.11. The molecule has 0 aromatic heterocycles. The Morgan fingerprint density at radius 3 is 2.00 bits per heavy atom. The maximum absolute atomic E-state index is 9.06. The zero-order valence-corrected chi connectivity index (χ0v) is 5.61. The van der Waals surface area contributed by atoms with E-state index in [0.717, 1.165) is 0 Å². The lowest BCUT2D eigenvalue weighted by Gasteiger charge is -2.08. The number of ether oxygens (including phenoxy) is 1. The minimum atomic E-state index is -0.708. The molecule has 4 atom stereocenters. The lowest BCUT2D eigenvalue weighted by Crippen LogP contribution is -2.31. The molecule has 0 amide bonds. The van der Waals surface area contributed by atoms with Gasteiger partial charge >= 0.3 is 0 Å². The number of aliphatic hydroxyl groups excluding tert-OH is 2. The van der Waals surface area contributed by atoms with E-state index in [0.29, 0.717) is 0 Å². The van der Waals surface area contributed by atoms with Gasteiger partial charge in [-0.25, -0.2) is 0 Å². The van der Waals surface area contributed by atoms with Crippen LogP contribution < -0.4 is 0 Å². The molecule has 2 N–H and O–H groups in total. The van der Waals surface area contributed by atoms with Gasteiger partial charge in [0.1, 0.15) is 20.1 Å². The maximum Gasteiger partial charge on any atom is 0.142 e. The quantitative estimate of drug-likeness (QED) is 0.376. The van der Waals surface area contributed by atoms with E-state index in [1.54, 1.807) is 14.8 Å². The first kappa shape index (κ1) is 7.06. The van der Waals surface area contributed by atoms with Crippen molar-refractivity contribution in [3.63, 3.8) is 0 Å². The molecular weight excluding hydrogens is 119 g/mol. The fourth-order valence-corrected chi connectivity index (χ4v) is 1.05. The van der Waals surface area contributed by atoms with Gasteiger partial charge in [-0.3, -0.25) is 0 Å². The molecule has 1 saturated heterocycles. The van der Waals surface area contributed by atoms with E-state index in [2.05, 4.69) is 0 Å². The van der Waals surface area contributed by atoms with Crippen LogP contribution in [0.3, 0.4) is 0 Å². The summed E-state index contributed by atoms with van der Waals surface area (Å²) in [4.78, 5) is 0. The molecule has 0 radical (unpaired) electrons. The van der Waals surface area contributed by atoms with E-state index in [1.165, 1.54) is 0 Å². The fraction of sp³-hybridized carbons (Fsp3) is 1.00. The molecule has 52 valence electrons. The standard InChI is InChI=1S/C5H11BO3/c1-2-3(7)4(8)5(6)9-2/h2-5,7-8H,6H2,1H3. The lowest BCUT2D eigenvalue weighted by atomic mass is 9.93. The van der Waals surface area contributed by atoms with Crippen molar-refractivity contribution < 1.29 is 14.9 Å². The van der Waals surface area contributed by atoms with Crippen LogP contribution in [0.25, 0.3) is 0 Å². The molecule has 0 bridgehead atoms. The summed E-state index contributed by atoms with van der Waals surface area (Å²) in [6, 6.07) is -0.227. The highest BCUT2D eigenvalue weighted by atomic mass is 16.5. The molecule has 1 heterocycles. The molecule has 1 fully saturated rings. The summed E-state index contributed by atoms with van der Waals surface area (Å²) < 4.78 is 5.09. The van der Waals surface area contributed by atoms with E-state index in [-0.39, 0.29) is 12.1 Å². The normalized spacial score (nSPS) is 51.9. The SMILES string of the molecule is BC1OC(C)C(O)C1O. The molecule has 0 saturated carbocycles. The van der Waals surface area contributed by atoms with Crippen molar-refractivity contribution in [2.24, 2.45) is 0 Å². The smallest absolute Gasteiger partial charge is 0.142 e. The molecular formula is C5H11BO3. The molecule has 1 aliphatic rings. The van der Waals surface area contributed by atoms with Crippen molar-refractivity contribution in [3.05, 3.63) is 0 Å². The second-order valence-corrected chi connectivity index (χ2v) is 2.53. The first-order valence-electron chi connectivity index (χ1n) is 3.14. The van der Waals surface area contributed by atoms with Crippen molar-refractivity contribution in [1.29, 1.82) is 0 Å². The monoisotopic (exact) mass is 130 g/mol. The third-order valence-corrected chi connectivity index (χ3v) is 1.74. The summed E-state index contributed by atoms with van der Waals surface area (Å²) in [5.74, 6) is 0. The second kappa shape index (κ2) is 2.29. The molecule has 4 heteroatoms. The first-order valence-corrected chi connectivity index (χ1v) is 3.14. The summed E-state index contributed by atoms with van der Waals surface area (Å²) in [5, 5.41) is 18.1. The number of rotatable bonds is 0. The van der Waals surface area contributed by atoms with Gasteiger partial charge in [0.2, 0.25) is 0 Å². The molecule has 1 aliphatic heterocycles. The van der Waals surface area contributed by atoms with Crippen LogP contribution in [0.1, 0.15) is 6.92 Å². The van der Waals surface area contributed by atoms with Gasteiger partial charge in [0.05, 0.1) is 12.1 Å². The van der Waals surface area contributed by atoms with Gasteiger partial charge in [-0.2, -0.15) is 0 Å². The average molecular weight is 130 g/mol. The van der Waals surface area contributed by atoms with E-state index in [1.807, 2.05) is 0 Å². The van der Waals surface area contributed by atoms with Gasteiger partial charge in [0.15, 0.2) is 0 Å². The number of hydrogen-bond acceptors (Lipinski definition) is 3.